The second-order valence-electron chi connectivity index (χ2n) is 7.92. The van der Waals surface area contributed by atoms with E-state index in [1.165, 1.54) is 18.2 Å². The third kappa shape index (κ3) is 6.74. The largest absolute Gasteiger partial charge is 0.573 e. The second-order valence-corrected chi connectivity index (χ2v) is 7.92. The zero-order valence-electron chi connectivity index (χ0n) is 16.7. The number of ether oxygens (including phenoxy) is 2. The van der Waals surface area contributed by atoms with Gasteiger partial charge in [-0.05, 0) is 51.0 Å². The van der Waals surface area contributed by atoms with Crippen molar-refractivity contribution < 1.29 is 27.4 Å². The lowest BCUT2D eigenvalue weighted by Gasteiger charge is -2.40. The summed E-state index contributed by atoms with van der Waals surface area (Å²) < 4.78 is 47.1. The SMILES string of the molecule is C=Cc1cc(CN2CCN(C(=O)OC(C)(C)C)[C@H](C)C2)cc(OC(F)(F)F)c1. The summed E-state index contributed by atoms with van der Waals surface area (Å²) in [7, 11) is 0. The van der Waals surface area contributed by atoms with E-state index in [-0.39, 0.29) is 17.9 Å². The van der Waals surface area contributed by atoms with Gasteiger partial charge >= 0.3 is 12.5 Å². The van der Waals surface area contributed by atoms with Gasteiger partial charge in [0.05, 0.1) is 0 Å². The molecular weight excluding hydrogens is 373 g/mol. The quantitative estimate of drug-likeness (QED) is 0.737. The minimum absolute atomic E-state index is 0.0721. The van der Waals surface area contributed by atoms with Gasteiger partial charge in [-0.1, -0.05) is 18.7 Å². The van der Waals surface area contributed by atoms with Crippen LogP contribution in [0.3, 0.4) is 0 Å². The highest BCUT2D eigenvalue weighted by Gasteiger charge is 2.32. The number of hydrogen-bond acceptors (Lipinski definition) is 4. The molecule has 0 aromatic heterocycles. The summed E-state index contributed by atoms with van der Waals surface area (Å²) in [4.78, 5) is 16.1. The molecule has 5 nitrogen and oxygen atoms in total. The summed E-state index contributed by atoms with van der Waals surface area (Å²) in [5.74, 6) is -0.264. The summed E-state index contributed by atoms with van der Waals surface area (Å²) in [6.07, 6.45) is -3.62. The number of halogens is 3. The Morgan fingerprint density at radius 1 is 1.25 bits per heavy atom. The first-order valence-electron chi connectivity index (χ1n) is 9.10. The fraction of sp³-hybridized carbons (Fsp3) is 0.550. The van der Waals surface area contributed by atoms with Crippen LogP contribution in [-0.4, -0.2) is 53.5 Å². The fourth-order valence-corrected chi connectivity index (χ4v) is 3.11. The molecule has 1 aromatic carbocycles. The molecule has 1 amide bonds. The second kappa shape index (κ2) is 8.43. The van der Waals surface area contributed by atoms with Crippen LogP contribution >= 0.6 is 0 Å². The first kappa shape index (κ1) is 22.1. The number of benzene rings is 1. The zero-order chi connectivity index (χ0) is 21.1. The molecule has 2 rings (SSSR count). The predicted octanol–water partition coefficient (Wildman–Crippen LogP) is 4.67. The first-order valence-corrected chi connectivity index (χ1v) is 9.10. The third-order valence-corrected chi connectivity index (χ3v) is 4.20. The monoisotopic (exact) mass is 400 g/mol. The van der Waals surface area contributed by atoms with E-state index in [0.717, 1.165) is 0 Å². The van der Waals surface area contributed by atoms with Crippen molar-refractivity contribution in [3.8, 4) is 5.75 Å². The third-order valence-electron chi connectivity index (χ3n) is 4.20. The Morgan fingerprint density at radius 3 is 2.46 bits per heavy atom. The van der Waals surface area contributed by atoms with Crippen LogP contribution < -0.4 is 4.74 Å². The summed E-state index contributed by atoms with van der Waals surface area (Å²) in [5.41, 5.74) is 0.681. The summed E-state index contributed by atoms with van der Waals surface area (Å²) in [6, 6.07) is 4.39. The molecule has 0 N–H and O–H groups in total. The predicted molar refractivity (Wildman–Crippen MR) is 101 cm³/mol. The number of carbonyl (C=O) groups excluding carboxylic acids is 1. The molecule has 0 bridgehead atoms. The van der Waals surface area contributed by atoms with Crippen molar-refractivity contribution in [3.63, 3.8) is 0 Å². The van der Waals surface area contributed by atoms with Crippen molar-refractivity contribution in [2.45, 2.75) is 52.2 Å². The van der Waals surface area contributed by atoms with E-state index in [2.05, 4.69) is 16.2 Å². The molecule has 0 aliphatic carbocycles. The Bertz CT molecular complexity index is 714. The molecule has 8 heteroatoms. The van der Waals surface area contributed by atoms with Crippen LogP contribution in [0.15, 0.2) is 24.8 Å². The molecule has 1 heterocycles. The van der Waals surface area contributed by atoms with E-state index in [0.29, 0.717) is 37.3 Å². The highest BCUT2D eigenvalue weighted by atomic mass is 19.4. The normalized spacial score (nSPS) is 18.7. The van der Waals surface area contributed by atoms with Gasteiger partial charge < -0.3 is 14.4 Å². The Morgan fingerprint density at radius 2 is 1.93 bits per heavy atom. The summed E-state index contributed by atoms with van der Waals surface area (Å²) >= 11 is 0. The molecule has 28 heavy (non-hydrogen) atoms. The first-order chi connectivity index (χ1) is 12.9. The van der Waals surface area contributed by atoms with E-state index in [1.54, 1.807) is 11.0 Å². The van der Waals surface area contributed by atoms with Crippen molar-refractivity contribution in [1.29, 1.82) is 0 Å². The fourth-order valence-electron chi connectivity index (χ4n) is 3.11. The Balaban J connectivity index is 2.04. The number of carbonyl (C=O) groups is 1. The number of amides is 1. The molecule has 1 saturated heterocycles. The lowest BCUT2D eigenvalue weighted by Crippen LogP contribution is -2.54. The van der Waals surface area contributed by atoms with Gasteiger partial charge in [0.2, 0.25) is 0 Å². The molecule has 0 unspecified atom stereocenters. The van der Waals surface area contributed by atoms with Crippen LogP contribution in [-0.2, 0) is 11.3 Å². The Kier molecular flexibility index (Phi) is 6.64. The standard InChI is InChI=1S/C20H27F3N2O3/c1-6-15-9-16(11-17(10-15)27-20(21,22)23)13-24-7-8-25(14(2)12-24)18(26)28-19(3,4)5/h6,9-11,14H,1,7-8,12-13H2,2-5H3/t14-/m1/s1. The average molecular weight is 400 g/mol. The maximum Gasteiger partial charge on any atom is 0.573 e. The number of alkyl halides is 3. The molecule has 1 atom stereocenters. The maximum atomic E-state index is 12.5. The van der Waals surface area contributed by atoms with Crippen molar-refractivity contribution in [2.24, 2.45) is 0 Å². The molecule has 1 fully saturated rings. The Labute approximate surface area is 163 Å². The van der Waals surface area contributed by atoms with Crippen LogP contribution in [0.25, 0.3) is 6.08 Å². The average Bonchev–Trinajstić information content (AvgIpc) is 2.51. The maximum absolute atomic E-state index is 12.5. The molecule has 1 aliphatic heterocycles. The lowest BCUT2D eigenvalue weighted by atomic mass is 10.1. The van der Waals surface area contributed by atoms with Crippen molar-refractivity contribution in [1.82, 2.24) is 9.80 Å². The van der Waals surface area contributed by atoms with E-state index < -0.39 is 12.0 Å². The van der Waals surface area contributed by atoms with Gasteiger partial charge in [-0.2, -0.15) is 0 Å². The van der Waals surface area contributed by atoms with Gasteiger partial charge in [-0.3, -0.25) is 4.90 Å². The molecule has 0 saturated carbocycles. The Hall–Kier alpha value is -2.22. The van der Waals surface area contributed by atoms with E-state index in [1.807, 2.05) is 27.7 Å². The van der Waals surface area contributed by atoms with Crippen LogP contribution in [0.1, 0.15) is 38.8 Å². The highest BCUT2D eigenvalue weighted by molar-refractivity contribution is 5.68. The minimum Gasteiger partial charge on any atom is -0.444 e. The summed E-state index contributed by atoms with van der Waals surface area (Å²) in [5, 5.41) is 0. The zero-order valence-corrected chi connectivity index (χ0v) is 16.7. The van der Waals surface area contributed by atoms with Crippen molar-refractivity contribution in [2.75, 3.05) is 19.6 Å². The molecule has 0 radical (unpaired) electrons. The van der Waals surface area contributed by atoms with Gasteiger partial charge in [0.25, 0.3) is 0 Å². The van der Waals surface area contributed by atoms with Crippen LogP contribution in [0.2, 0.25) is 0 Å². The number of piperazine rings is 1. The van der Waals surface area contributed by atoms with Gasteiger partial charge in [0, 0.05) is 32.2 Å². The van der Waals surface area contributed by atoms with Gasteiger partial charge in [-0.15, -0.1) is 13.2 Å². The smallest absolute Gasteiger partial charge is 0.444 e. The van der Waals surface area contributed by atoms with Crippen molar-refractivity contribution >= 4 is 12.2 Å². The minimum atomic E-state index is -4.75. The van der Waals surface area contributed by atoms with Crippen LogP contribution in [0.5, 0.6) is 5.75 Å². The van der Waals surface area contributed by atoms with Crippen LogP contribution in [0.4, 0.5) is 18.0 Å². The van der Waals surface area contributed by atoms with E-state index >= 15 is 0 Å². The molecule has 1 aliphatic rings. The summed E-state index contributed by atoms with van der Waals surface area (Å²) in [6.45, 7) is 13.1. The van der Waals surface area contributed by atoms with Crippen molar-refractivity contribution in [3.05, 3.63) is 35.9 Å². The van der Waals surface area contributed by atoms with Gasteiger partial charge in [0.15, 0.2) is 0 Å². The number of hydrogen-bond donors (Lipinski definition) is 0. The lowest BCUT2D eigenvalue weighted by molar-refractivity contribution is -0.274. The number of nitrogens with zero attached hydrogens (tertiary/aromatic N) is 2. The van der Waals surface area contributed by atoms with E-state index in [9.17, 15) is 18.0 Å². The molecular formula is C20H27F3N2O3. The molecule has 0 spiro atoms. The highest BCUT2D eigenvalue weighted by Crippen LogP contribution is 2.26. The number of rotatable bonds is 4. The molecule has 156 valence electrons. The van der Waals surface area contributed by atoms with Gasteiger partial charge in [0.1, 0.15) is 11.4 Å². The van der Waals surface area contributed by atoms with Gasteiger partial charge in [-0.25, -0.2) is 4.79 Å². The van der Waals surface area contributed by atoms with Crippen LogP contribution in [0, 0.1) is 0 Å². The molecule has 1 aromatic rings. The topological polar surface area (TPSA) is 42.0 Å². The van der Waals surface area contributed by atoms with E-state index in [4.69, 9.17) is 4.74 Å².